The molecule has 1 fully saturated rings. The van der Waals surface area contributed by atoms with Gasteiger partial charge >= 0.3 is 0 Å². The van der Waals surface area contributed by atoms with Gasteiger partial charge in [-0.05, 0) is 44.1 Å². The summed E-state index contributed by atoms with van der Waals surface area (Å²) in [6.07, 6.45) is 3.98. The molecule has 0 aliphatic heterocycles. The first-order chi connectivity index (χ1) is 7.96. The van der Waals surface area contributed by atoms with E-state index in [1.165, 1.54) is 30.4 Å². The molecule has 1 unspecified atom stereocenters. The average Bonchev–Trinajstić information content (AvgIpc) is 2.59. The molecule has 1 aromatic rings. The van der Waals surface area contributed by atoms with Gasteiger partial charge in [0.25, 0.3) is 0 Å². The maximum Gasteiger partial charge on any atom is 0.0294 e. The van der Waals surface area contributed by atoms with Crippen molar-refractivity contribution in [2.24, 2.45) is 5.41 Å². The second kappa shape index (κ2) is 4.81. The summed E-state index contributed by atoms with van der Waals surface area (Å²) in [6, 6.07) is 10.1. The molecule has 0 amide bonds. The van der Waals surface area contributed by atoms with E-state index in [2.05, 4.69) is 57.3 Å². The van der Waals surface area contributed by atoms with Crippen LogP contribution in [0.25, 0.3) is 0 Å². The zero-order chi connectivity index (χ0) is 12.5. The molecule has 0 heterocycles. The van der Waals surface area contributed by atoms with Crippen molar-refractivity contribution in [2.75, 3.05) is 0 Å². The molecule has 1 nitrogen and oxygen atoms in total. The smallest absolute Gasteiger partial charge is 0.0294 e. The van der Waals surface area contributed by atoms with E-state index < -0.39 is 0 Å². The third-order valence-corrected chi connectivity index (χ3v) is 4.03. The zero-order valence-electron chi connectivity index (χ0n) is 11.6. The van der Waals surface area contributed by atoms with E-state index >= 15 is 0 Å². The number of benzene rings is 1. The Hall–Kier alpha value is -0.820. The number of aryl methyl sites for hydroxylation is 1. The van der Waals surface area contributed by atoms with Crippen molar-refractivity contribution in [1.29, 1.82) is 0 Å². The van der Waals surface area contributed by atoms with Gasteiger partial charge in [0.15, 0.2) is 0 Å². The molecule has 1 aliphatic carbocycles. The van der Waals surface area contributed by atoms with Crippen LogP contribution in [0.15, 0.2) is 24.3 Å². The summed E-state index contributed by atoms with van der Waals surface area (Å²) in [6.45, 7) is 9.17. The average molecular weight is 231 g/mol. The van der Waals surface area contributed by atoms with Crippen LogP contribution in [-0.4, -0.2) is 6.04 Å². The summed E-state index contributed by atoms with van der Waals surface area (Å²) in [5.74, 6) is 0. The van der Waals surface area contributed by atoms with Crippen molar-refractivity contribution in [1.82, 2.24) is 5.32 Å². The van der Waals surface area contributed by atoms with Crippen LogP contribution in [0.1, 0.15) is 57.2 Å². The van der Waals surface area contributed by atoms with E-state index in [0.717, 1.165) is 0 Å². The van der Waals surface area contributed by atoms with Gasteiger partial charge in [-0.2, -0.15) is 0 Å². The lowest BCUT2D eigenvalue weighted by Gasteiger charge is -2.22. The van der Waals surface area contributed by atoms with Crippen molar-refractivity contribution in [3.63, 3.8) is 0 Å². The van der Waals surface area contributed by atoms with E-state index in [-0.39, 0.29) is 0 Å². The van der Waals surface area contributed by atoms with Gasteiger partial charge in [0.2, 0.25) is 0 Å². The van der Waals surface area contributed by atoms with Crippen LogP contribution in [0.4, 0.5) is 0 Å². The first kappa shape index (κ1) is 12.6. The molecule has 2 atom stereocenters. The molecule has 94 valence electrons. The molecular formula is C16H25N. The fourth-order valence-corrected chi connectivity index (χ4v) is 2.88. The van der Waals surface area contributed by atoms with Crippen molar-refractivity contribution in [3.8, 4) is 0 Å². The number of hydrogen-bond donors (Lipinski definition) is 1. The highest BCUT2D eigenvalue weighted by Gasteiger charge is 2.31. The summed E-state index contributed by atoms with van der Waals surface area (Å²) in [4.78, 5) is 0. The predicted molar refractivity (Wildman–Crippen MR) is 74.1 cm³/mol. The van der Waals surface area contributed by atoms with Crippen LogP contribution in [0.2, 0.25) is 0 Å². The number of rotatable bonds is 3. The molecule has 1 N–H and O–H groups in total. The maximum absolute atomic E-state index is 3.77. The molecule has 1 aromatic carbocycles. The Morgan fingerprint density at radius 3 is 2.41 bits per heavy atom. The highest BCUT2D eigenvalue weighted by molar-refractivity contribution is 5.23. The van der Waals surface area contributed by atoms with Gasteiger partial charge in [0.1, 0.15) is 0 Å². The lowest BCUT2D eigenvalue weighted by atomic mass is 9.91. The summed E-state index contributed by atoms with van der Waals surface area (Å²) < 4.78 is 0. The first-order valence-electron chi connectivity index (χ1n) is 6.79. The van der Waals surface area contributed by atoms with Crippen LogP contribution < -0.4 is 5.32 Å². The lowest BCUT2D eigenvalue weighted by Crippen LogP contribution is -2.30. The molecule has 0 saturated heterocycles. The van der Waals surface area contributed by atoms with Crippen LogP contribution >= 0.6 is 0 Å². The molecular weight excluding hydrogens is 206 g/mol. The van der Waals surface area contributed by atoms with E-state index in [4.69, 9.17) is 0 Å². The Balaban J connectivity index is 1.93. The molecule has 2 rings (SSSR count). The topological polar surface area (TPSA) is 12.0 Å². The lowest BCUT2D eigenvalue weighted by molar-refractivity contribution is 0.356. The Morgan fingerprint density at radius 1 is 1.24 bits per heavy atom. The standard InChI is InChI=1S/C16H25N/c1-12-5-7-14(8-6-12)13(2)17-15-9-10-16(3,4)11-15/h5-8,13,15,17H,9-11H2,1-4H3/t13-,15?/m1/s1. The minimum atomic E-state index is 0.467. The van der Waals surface area contributed by atoms with Crippen molar-refractivity contribution < 1.29 is 0 Å². The SMILES string of the molecule is Cc1ccc([C@@H](C)NC2CCC(C)(C)C2)cc1. The Bertz CT molecular complexity index is 364. The van der Waals surface area contributed by atoms with Gasteiger partial charge in [-0.3, -0.25) is 0 Å². The normalized spacial score (nSPS) is 24.8. The quantitative estimate of drug-likeness (QED) is 0.821. The van der Waals surface area contributed by atoms with Crippen molar-refractivity contribution in [2.45, 2.75) is 59.0 Å². The Labute approximate surface area is 106 Å². The van der Waals surface area contributed by atoms with Crippen LogP contribution in [-0.2, 0) is 0 Å². The van der Waals surface area contributed by atoms with E-state index in [1.807, 2.05) is 0 Å². The minimum Gasteiger partial charge on any atom is -0.307 e. The third kappa shape index (κ3) is 3.32. The summed E-state index contributed by atoms with van der Waals surface area (Å²) in [7, 11) is 0. The Kier molecular flexibility index (Phi) is 3.58. The van der Waals surface area contributed by atoms with E-state index in [1.54, 1.807) is 0 Å². The molecule has 0 aromatic heterocycles. The molecule has 17 heavy (non-hydrogen) atoms. The van der Waals surface area contributed by atoms with Gasteiger partial charge in [0, 0.05) is 12.1 Å². The fraction of sp³-hybridized carbons (Fsp3) is 0.625. The number of nitrogens with one attached hydrogen (secondary N) is 1. The predicted octanol–water partition coefficient (Wildman–Crippen LogP) is 4.22. The minimum absolute atomic E-state index is 0.467. The van der Waals surface area contributed by atoms with Gasteiger partial charge in [-0.15, -0.1) is 0 Å². The third-order valence-electron chi connectivity index (χ3n) is 4.03. The molecule has 0 bridgehead atoms. The largest absolute Gasteiger partial charge is 0.307 e. The number of hydrogen-bond acceptors (Lipinski definition) is 1. The van der Waals surface area contributed by atoms with Gasteiger partial charge in [0.05, 0.1) is 0 Å². The first-order valence-corrected chi connectivity index (χ1v) is 6.79. The van der Waals surface area contributed by atoms with Crippen LogP contribution in [0, 0.1) is 12.3 Å². The molecule has 1 heteroatoms. The van der Waals surface area contributed by atoms with Gasteiger partial charge in [-0.25, -0.2) is 0 Å². The molecule has 1 saturated carbocycles. The van der Waals surface area contributed by atoms with E-state index in [0.29, 0.717) is 17.5 Å². The molecule has 0 radical (unpaired) electrons. The molecule has 1 aliphatic rings. The molecule has 0 spiro atoms. The summed E-state index contributed by atoms with van der Waals surface area (Å²) in [5, 5.41) is 3.77. The highest BCUT2D eigenvalue weighted by atomic mass is 15.0. The van der Waals surface area contributed by atoms with Crippen molar-refractivity contribution >= 4 is 0 Å². The fourth-order valence-electron chi connectivity index (χ4n) is 2.88. The second-order valence-electron chi connectivity index (χ2n) is 6.40. The Morgan fingerprint density at radius 2 is 1.88 bits per heavy atom. The monoisotopic (exact) mass is 231 g/mol. The maximum atomic E-state index is 3.77. The zero-order valence-corrected chi connectivity index (χ0v) is 11.6. The van der Waals surface area contributed by atoms with Gasteiger partial charge in [-0.1, -0.05) is 43.7 Å². The second-order valence-corrected chi connectivity index (χ2v) is 6.40. The highest BCUT2D eigenvalue weighted by Crippen LogP contribution is 2.37. The van der Waals surface area contributed by atoms with Crippen LogP contribution in [0.3, 0.4) is 0 Å². The van der Waals surface area contributed by atoms with Gasteiger partial charge < -0.3 is 5.32 Å². The van der Waals surface area contributed by atoms with Crippen molar-refractivity contribution in [3.05, 3.63) is 35.4 Å². The summed E-state index contributed by atoms with van der Waals surface area (Å²) in [5.41, 5.74) is 3.27. The van der Waals surface area contributed by atoms with E-state index in [9.17, 15) is 0 Å². The summed E-state index contributed by atoms with van der Waals surface area (Å²) >= 11 is 0. The van der Waals surface area contributed by atoms with Crippen LogP contribution in [0.5, 0.6) is 0 Å².